The van der Waals surface area contributed by atoms with Crippen LogP contribution < -0.4 is 5.32 Å². The number of carbonyl (C=O) groups excluding carboxylic acids is 1. The molecule has 156 valence electrons. The van der Waals surface area contributed by atoms with Crippen LogP contribution in [0.1, 0.15) is 32.1 Å². The normalized spacial score (nSPS) is 21.3. The molecule has 29 heavy (non-hydrogen) atoms. The van der Waals surface area contributed by atoms with Crippen LogP contribution in [0.15, 0.2) is 34.7 Å². The summed E-state index contributed by atoms with van der Waals surface area (Å²) in [6.07, 6.45) is 4.70. The molecule has 0 bridgehead atoms. The van der Waals surface area contributed by atoms with Crippen LogP contribution in [-0.2, 0) is 14.6 Å². The van der Waals surface area contributed by atoms with Gasteiger partial charge >= 0.3 is 0 Å². The first-order chi connectivity index (χ1) is 14.0. The molecule has 4 rings (SSSR count). The molecule has 1 N–H and O–H groups in total. The zero-order valence-electron chi connectivity index (χ0n) is 16.0. The van der Waals surface area contributed by atoms with Gasteiger partial charge in [0.1, 0.15) is 0 Å². The second-order valence-corrected chi connectivity index (χ2v) is 11.9. The number of sulfone groups is 1. The summed E-state index contributed by atoms with van der Waals surface area (Å²) >= 11 is 2.78. The number of amides is 1. The Morgan fingerprint density at radius 2 is 1.90 bits per heavy atom. The molecule has 1 saturated carbocycles. The molecule has 2 aliphatic rings. The van der Waals surface area contributed by atoms with Crippen LogP contribution in [-0.4, -0.2) is 58.8 Å². The third-order valence-electron chi connectivity index (χ3n) is 5.36. The number of aromatic nitrogens is 2. The highest BCUT2D eigenvalue weighted by atomic mass is 32.2. The maximum Gasteiger partial charge on any atom is 0.233 e. The molecule has 7 nitrogen and oxygen atoms in total. The van der Waals surface area contributed by atoms with Crippen molar-refractivity contribution in [1.82, 2.24) is 15.1 Å². The fourth-order valence-corrected chi connectivity index (χ4v) is 7.40. The Balaban J connectivity index is 1.38. The number of hydrogen-bond donors (Lipinski definition) is 1. The van der Waals surface area contributed by atoms with Gasteiger partial charge in [-0.15, -0.1) is 10.2 Å². The van der Waals surface area contributed by atoms with Gasteiger partial charge in [-0.25, -0.2) is 8.42 Å². The molecule has 1 amide bonds. The van der Waals surface area contributed by atoms with Gasteiger partial charge < -0.3 is 10.2 Å². The topological polar surface area (TPSA) is 92.3 Å². The number of nitrogens with one attached hydrogen (secondary N) is 1. The Morgan fingerprint density at radius 3 is 2.59 bits per heavy atom. The van der Waals surface area contributed by atoms with Gasteiger partial charge in [0.25, 0.3) is 0 Å². The van der Waals surface area contributed by atoms with E-state index in [0.29, 0.717) is 11.6 Å². The van der Waals surface area contributed by atoms with Crippen molar-refractivity contribution in [2.45, 2.75) is 48.5 Å². The van der Waals surface area contributed by atoms with E-state index in [4.69, 9.17) is 0 Å². The minimum Gasteiger partial charge on any atom is -0.335 e. The minimum absolute atomic E-state index is 0.0109. The third kappa shape index (κ3) is 5.29. The molecule has 1 aromatic carbocycles. The second kappa shape index (κ2) is 9.01. The SMILES string of the molecule is O=C(CSc1nnc(Nc2ccccc2)s1)N(C1CCCC1)C1CCS(=O)(=O)C1. The van der Waals surface area contributed by atoms with Crippen molar-refractivity contribution in [3.63, 3.8) is 0 Å². The predicted octanol–water partition coefficient (Wildman–Crippen LogP) is 3.33. The number of nitrogens with zero attached hydrogens (tertiary/aromatic N) is 3. The monoisotopic (exact) mass is 452 g/mol. The van der Waals surface area contributed by atoms with E-state index in [9.17, 15) is 13.2 Å². The Morgan fingerprint density at radius 1 is 1.14 bits per heavy atom. The molecule has 1 unspecified atom stereocenters. The zero-order valence-corrected chi connectivity index (χ0v) is 18.4. The van der Waals surface area contributed by atoms with Gasteiger partial charge in [0.05, 0.1) is 17.3 Å². The lowest BCUT2D eigenvalue weighted by Crippen LogP contribution is -2.47. The van der Waals surface area contributed by atoms with E-state index in [1.165, 1.54) is 23.1 Å². The minimum atomic E-state index is -3.03. The average Bonchev–Trinajstić information content (AvgIpc) is 3.44. The van der Waals surface area contributed by atoms with Crippen molar-refractivity contribution in [1.29, 1.82) is 0 Å². The Hall–Kier alpha value is -1.65. The van der Waals surface area contributed by atoms with E-state index in [1.807, 2.05) is 35.2 Å². The number of para-hydroxylation sites is 1. The Labute approximate surface area is 179 Å². The molecule has 2 fully saturated rings. The van der Waals surface area contributed by atoms with Crippen LogP contribution in [0.3, 0.4) is 0 Å². The van der Waals surface area contributed by atoms with E-state index in [0.717, 1.165) is 35.7 Å². The quantitative estimate of drug-likeness (QED) is 0.644. The molecule has 1 aromatic heterocycles. The summed E-state index contributed by atoms with van der Waals surface area (Å²) in [6.45, 7) is 0. The van der Waals surface area contributed by atoms with Crippen LogP contribution in [0.5, 0.6) is 0 Å². The molecule has 0 spiro atoms. The largest absolute Gasteiger partial charge is 0.335 e. The number of benzene rings is 1. The highest BCUT2D eigenvalue weighted by Crippen LogP contribution is 2.32. The lowest BCUT2D eigenvalue weighted by Gasteiger charge is -2.34. The summed E-state index contributed by atoms with van der Waals surface area (Å²) in [5.74, 6) is 0.556. The number of carbonyl (C=O) groups is 1. The van der Waals surface area contributed by atoms with E-state index >= 15 is 0 Å². The lowest BCUT2D eigenvalue weighted by atomic mass is 10.1. The van der Waals surface area contributed by atoms with Crippen molar-refractivity contribution in [2.24, 2.45) is 0 Å². The number of anilines is 2. The van der Waals surface area contributed by atoms with E-state index in [1.54, 1.807) is 0 Å². The molecule has 2 heterocycles. The highest BCUT2D eigenvalue weighted by Gasteiger charge is 2.38. The van der Waals surface area contributed by atoms with Gasteiger partial charge in [-0.1, -0.05) is 54.1 Å². The predicted molar refractivity (Wildman–Crippen MR) is 117 cm³/mol. The number of thioether (sulfide) groups is 1. The summed E-state index contributed by atoms with van der Waals surface area (Å²) in [4.78, 5) is 14.9. The highest BCUT2D eigenvalue weighted by molar-refractivity contribution is 8.01. The lowest BCUT2D eigenvalue weighted by molar-refractivity contribution is -0.132. The maximum atomic E-state index is 13.1. The van der Waals surface area contributed by atoms with Crippen LogP contribution in [0.25, 0.3) is 0 Å². The fraction of sp³-hybridized carbons (Fsp3) is 0.526. The number of hydrogen-bond acceptors (Lipinski definition) is 8. The first-order valence-corrected chi connectivity index (χ1v) is 13.4. The molecular weight excluding hydrogens is 428 g/mol. The van der Waals surface area contributed by atoms with Crippen molar-refractivity contribution in [3.05, 3.63) is 30.3 Å². The van der Waals surface area contributed by atoms with E-state index < -0.39 is 9.84 Å². The molecular formula is C19H24N4O3S3. The summed E-state index contributed by atoms with van der Waals surface area (Å²) in [5, 5.41) is 12.2. The van der Waals surface area contributed by atoms with Gasteiger partial charge in [0.15, 0.2) is 14.2 Å². The molecule has 0 radical (unpaired) electrons. The van der Waals surface area contributed by atoms with Gasteiger partial charge in [-0.3, -0.25) is 4.79 Å². The Kier molecular flexibility index (Phi) is 6.41. The van der Waals surface area contributed by atoms with Crippen LogP contribution >= 0.6 is 23.1 Å². The van der Waals surface area contributed by atoms with Gasteiger partial charge in [-0.2, -0.15) is 0 Å². The van der Waals surface area contributed by atoms with Gasteiger partial charge in [-0.05, 0) is 31.4 Å². The van der Waals surface area contributed by atoms with Gasteiger partial charge in [0, 0.05) is 17.8 Å². The van der Waals surface area contributed by atoms with Crippen LogP contribution in [0.4, 0.5) is 10.8 Å². The molecule has 2 aromatic rings. The van der Waals surface area contributed by atoms with Gasteiger partial charge in [0.2, 0.25) is 11.0 Å². The maximum absolute atomic E-state index is 13.1. The van der Waals surface area contributed by atoms with Crippen LogP contribution in [0, 0.1) is 0 Å². The third-order valence-corrected chi connectivity index (χ3v) is 9.07. The standard InChI is InChI=1S/C19H24N4O3S3/c24-17(23(15-8-4-5-9-15)16-10-11-29(25,26)13-16)12-27-19-22-21-18(28-19)20-14-6-2-1-3-7-14/h1-3,6-7,15-16H,4-5,8-13H2,(H,20,21). The molecule has 1 atom stereocenters. The van der Waals surface area contributed by atoms with Crippen molar-refractivity contribution in [2.75, 3.05) is 22.6 Å². The van der Waals surface area contributed by atoms with E-state index in [-0.39, 0.29) is 35.2 Å². The zero-order chi connectivity index (χ0) is 20.3. The van der Waals surface area contributed by atoms with Crippen molar-refractivity contribution >= 4 is 49.7 Å². The van der Waals surface area contributed by atoms with Crippen LogP contribution in [0.2, 0.25) is 0 Å². The molecule has 1 aliphatic heterocycles. The first-order valence-electron chi connectivity index (χ1n) is 9.80. The molecule has 10 heteroatoms. The summed E-state index contributed by atoms with van der Waals surface area (Å²) < 4.78 is 24.6. The summed E-state index contributed by atoms with van der Waals surface area (Å²) in [7, 11) is -3.03. The molecule has 1 aliphatic carbocycles. The molecule has 1 saturated heterocycles. The Bertz CT molecular complexity index is 943. The summed E-state index contributed by atoms with van der Waals surface area (Å²) in [6, 6.07) is 9.73. The smallest absolute Gasteiger partial charge is 0.233 e. The fourth-order valence-electron chi connectivity index (χ4n) is 4.04. The number of rotatable bonds is 7. The first kappa shape index (κ1) is 20.6. The van der Waals surface area contributed by atoms with E-state index in [2.05, 4.69) is 15.5 Å². The van der Waals surface area contributed by atoms with Crippen molar-refractivity contribution < 1.29 is 13.2 Å². The van der Waals surface area contributed by atoms with Crippen molar-refractivity contribution in [3.8, 4) is 0 Å². The summed E-state index contributed by atoms with van der Waals surface area (Å²) in [5.41, 5.74) is 0.936. The second-order valence-electron chi connectivity index (χ2n) is 7.45. The average molecular weight is 453 g/mol.